The van der Waals surface area contributed by atoms with Crippen molar-refractivity contribution in [1.29, 1.82) is 0 Å². The SMILES string of the molecule is CCCCCCCCOc1ccc(N)cc1COc1ccccc1.Cl. The smallest absolute Gasteiger partial charge is 0.126 e. The van der Waals surface area contributed by atoms with Crippen LogP contribution in [0.3, 0.4) is 0 Å². The maximum Gasteiger partial charge on any atom is 0.126 e. The predicted octanol–water partition coefficient (Wildman–Crippen LogP) is 6.01. The molecule has 0 aromatic heterocycles. The Morgan fingerprint density at radius 2 is 1.56 bits per heavy atom. The Morgan fingerprint density at radius 3 is 2.32 bits per heavy atom. The molecule has 0 fully saturated rings. The van der Waals surface area contributed by atoms with Gasteiger partial charge in [0.15, 0.2) is 0 Å². The van der Waals surface area contributed by atoms with Crippen molar-refractivity contribution in [2.24, 2.45) is 0 Å². The summed E-state index contributed by atoms with van der Waals surface area (Å²) in [5, 5.41) is 0. The van der Waals surface area contributed by atoms with Crippen molar-refractivity contribution in [1.82, 2.24) is 0 Å². The van der Waals surface area contributed by atoms with Crippen LogP contribution in [0.15, 0.2) is 48.5 Å². The zero-order valence-corrected chi connectivity index (χ0v) is 15.9. The van der Waals surface area contributed by atoms with Crippen LogP contribution in [-0.2, 0) is 6.61 Å². The third-order valence-corrected chi connectivity index (χ3v) is 3.98. The van der Waals surface area contributed by atoms with Crippen LogP contribution in [0, 0.1) is 0 Å². The molecule has 0 radical (unpaired) electrons. The van der Waals surface area contributed by atoms with Gasteiger partial charge in [-0.3, -0.25) is 0 Å². The molecule has 3 nitrogen and oxygen atoms in total. The first-order valence-corrected chi connectivity index (χ1v) is 8.98. The molecular weight excluding hydrogens is 334 g/mol. The molecule has 25 heavy (non-hydrogen) atoms. The predicted molar refractivity (Wildman–Crippen MR) is 108 cm³/mol. The first kappa shape index (κ1) is 21.2. The molecule has 2 aromatic carbocycles. The largest absolute Gasteiger partial charge is 0.493 e. The molecule has 0 aliphatic carbocycles. The van der Waals surface area contributed by atoms with Gasteiger partial charge in [-0.05, 0) is 36.8 Å². The molecule has 0 amide bonds. The minimum atomic E-state index is 0. The second-order valence-electron chi connectivity index (χ2n) is 6.09. The maximum atomic E-state index is 5.95. The molecular formula is C21H30ClNO2. The number of ether oxygens (including phenoxy) is 2. The van der Waals surface area contributed by atoms with Crippen LogP contribution in [0.1, 0.15) is 51.0 Å². The Kier molecular flexibility index (Phi) is 10.6. The fraction of sp³-hybridized carbons (Fsp3) is 0.429. The van der Waals surface area contributed by atoms with Gasteiger partial charge in [-0.1, -0.05) is 57.2 Å². The molecule has 0 atom stereocenters. The Labute approximate surface area is 157 Å². The number of hydrogen-bond donors (Lipinski definition) is 1. The van der Waals surface area contributed by atoms with E-state index in [9.17, 15) is 0 Å². The summed E-state index contributed by atoms with van der Waals surface area (Å²) in [7, 11) is 0. The average molecular weight is 364 g/mol. The zero-order valence-electron chi connectivity index (χ0n) is 15.1. The summed E-state index contributed by atoms with van der Waals surface area (Å²) in [6.07, 6.45) is 7.56. The lowest BCUT2D eigenvalue weighted by Gasteiger charge is -2.13. The molecule has 0 heterocycles. The number of halogens is 1. The monoisotopic (exact) mass is 363 g/mol. The average Bonchev–Trinajstić information content (AvgIpc) is 2.61. The molecule has 138 valence electrons. The van der Waals surface area contributed by atoms with Crippen LogP contribution in [-0.4, -0.2) is 6.61 Å². The van der Waals surface area contributed by atoms with Crippen LogP contribution in [0.5, 0.6) is 11.5 Å². The van der Waals surface area contributed by atoms with Gasteiger partial charge in [0.05, 0.1) is 6.61 Å². The molecule has 2 rings (SSSR count). The van der Waals surface area contributed by atoms with Gasteiger partial charge in [-0.25, -0.2) is 0 Å². The fourth-order valence-electron chi connectivity index (χ4n) is 2.60. The van der Waals surface area contributed by atoms with Crippen molar-refractivity contribution in [3.63, 3.8) is 0 Å². The lowest BCUT2D eigenvalue weighted by atomic mass is 10.1. The van der Waals surface area contributed by atoms with Gasteiger partial charge < -0.3 is 15.2 Å². The Balaban J connectivity index is 0.00000312. The minimum Gasteiger partial charge on any atom is -0.493 e. The number of unbranched alkanes of at least 4 members (excludes halogenated alkanes) is 5. The van der Waals surface area contributed by atoms with Crippen molar-refractivity contribution in [3.8, 4) is 11.5 Å². The lowest BCUT2D eigenvalue weighted by Crippen LogP contribution is -2.04. The Hall–Kier alpha value is -1.87. The number of nitrogen functional groups attached to an aromatic ring is 1. The van der Waals surface area contributed by atoms with Gasteiger partial charge in [-0.2, -0.15) is 0 Å². The van der Waals surface area contributed by atoms with E-state index in [0.29, 0.717) is 6.61 Å². The van der Waals surface area contributed by atoms with E-state index in [1.807, 2.05) is 48.5 Å². The van der Waals surface area contributed by atoms with Gasteiger partial charge in [-0.15, -0.1) is 12.4 Å². The quantitative estimate of drug-likeness (QED) is 0.392. The first-order chi connectivity index (χ1) is 11.8. The Bertz CT molecular complexity index is 590. The zero-order chi connectivity index (χ0) is 17.0. The number of benzene rings is 2. The van der Waals surface area contributed by atoms with Crippen molar-refractivity contribution >= 4 is 18.1 Å². The van der Waals surface area contributed by atoms with Crippen LogP contribution < -0.4 is 15.2 Å². The number of para-hydroxylation sites is 1. The van der Waals surface area contributed by atoms with E-state index in [1.54, 1.807) is 0 Å². The first-order valence-electron chi connectivity index (χ1n) is 8.98. The molecule has 2 N–H and O–H groups in total. The molecule has 0 unspecified atom stereocenters. The molecule has 0 saturated heterocycles. The number of nitrogens with two attached hydrogens (primary N) is 1. The number of hydrogen-bond acceptors (Lipinski definition) is 3. The highest BCUT2D eigenvalue weighted by molar-refractivity contribution is 5.85. The summed E-state index contributed by atoms with van der Waals surface area (Å²) in [5.74, 6) is 1.72. The highest BCUT2D eigenvalue weighted by Gasteiger charge is 2.06. The summed E-state index contributed by atoms with van der Waals surface area (Å²) < 4.78 is 11.8. The number of anilines is 1. The summed E-state index contributed by atoms with van der Waals surface area (Å²) in [6, 6.07) is 15.5. The van der Waals surface area contributed by atoms with Gasteiger partial charge in [0.25, 0.3) is 0 Å². The third kappa shape index (κ3) is 8.17. The minimum absolute atomic E-state index is 0. The lowest BCUT2D eigenvalue weighted by molar-refractivity contribution is 0.274. The van der Waals surface area contributed by atoms with E-state index >= 15 is 0 Å². The standard InChI is InChI=1S/C21H29NO2.ClH/c1-2-3-4-5-6-10-15-23-21-14-13-19(22)16-18(21)17-24-20-11-8-7-9-12-20;/h7-9,11-14,16H,2-6,10,15,17,22H2,1H3;1H. The third-order valence-electron chi connectivity index (χ3n) is 3.98. The molecule has 0 spiro atoms. The van der Waals surface area contributed by atoms with E-state index < -0.39 is 0 Å². The van der Waals surface area contributed by atoms with Crippen molar-refractivity contribution in [3.05, 3.63) is 54.1 Å². The van der Waals surface area contributed by atoms with Crippen LogP contribution in [0.25, 0.3) is 0 Å². The van der Waals surface area contributed by atoms with Crippen LogP contribution >= 0.6 is 12.4 Å². The van der Waals surface area contributed by atoms with Crippen LogP contribution in [0.4, 0.5) is 5.69 Å². The van der Waals surface area contributed by atoms with E-state index in [2.05, 4.69) is 6.92 Å². The molecule has 4 heteroatoms. The summed E-state index contributed by atoms with van der Waals surface area (Å²) in [6.45, 7) is 3.44. The van der Waals surface area contributed by atoms with Crippen molar-refractivity contribution < 1.29 is 9.47 Å². The summed E-state index contributed by atoms with van der Waals surface area (Å²) >= 11 is 0. The normalized spacial score (nSPS) is 10.1. The molecule has 0 aliphatic rings. The summed E-state index contributed by atoms with van der Waals surface area (Å²) in [5.41, 5.74) is 7.63. The van der Waals surface area contributed by atoms with Crippen LogP contribution in [0.2, 0.25) is 0 Å². The van der Waals surface area contributed by atoms with Gasteiger partial charge >= 0.3 is 0 Å². The fourth-order valence-corrected chi connectivity index (χ4v) is 2.60. The van der Waals surface area contributed by atoms with E-state index in [0.717, 1.165) is 35.8 Å². The van der Waals surface area contributed by atoms with Gasteiger partial charge in [0.1, 0.15) is 18.1 Å². The van der Waals surface area contributed by atoms with E-state index in [-0.39, 0.29) is 12.4 Å². The topological polar surface area (TPSA) is 44.5 Å². The molecule has 0 bridgehead atoms. The second-order valence-corrected chi connectivity index (χ2v) is 6.09. The molecule has 0 aliphatic heterocycles. The van der Waals surface area contributed by atoms with Crippen molar-refractivity contribution in [2.45, 2.75) is 52.1 Å². The van der Waals surface area contributed by atoms with Gasteiger partial charge in [0, 0.05) is 11.3 Å². The Morgan fingerprint density at radius 1 is 0.840 bits per heavy atom. The molecule has 2 aromatic rings. The highest BCUT2D eigenvalue weighted by atomic mass is 35.5. The second kappa shape index (κ2) is 12.5. The van der Waals surface area contributed by atoms with Gasteiger partial charge in [0.2, 0.25) is 0 Å². The van der Waals surface area contributed by atoms with E-state index in [4.69, 9.17) is 15.2 Å². The number of rotatable bonds is 11. The van der Waals surface area contributed by atoms with E-state index in [1.165, 1.54) is 32.1 Å². The highest BCUT2D eigenvalue weighted by Crippen LogP contribution is 2.24. The maximum absolute atomic E-state index is 5.95. The summed E-state index contributed by atoms with van der Waals surface area (Å²) in [4.78, 5) is 0. The molecule has 0 saturated carbocycles. The van der Waals surface area contributed by atoms with Crippen molar-refractivity contribution in [2.75, 3.05) is 12.3 Å².